The summed E-state index contributed by atoms with van der Waals surface area (Å²) in [5.74, 6) is 0. The van der Waals surface area contributed by atoms with E-state index in [0.29, 0.717) is 0 Å². The Hall–Kier alpha value is -2.60. The fraction of sp³-hybridized carbons (Fsp3) is 0.520. The second-order valence-electron chi connectivity index (χ2n) is 9.63. The van der Waals surface area contributed by atoms with Gasteiger partial charge in [0, 0.05) is 55.2 Å². The lowest BCUT2D eigenvalue weighted by Crippen LogP contribution is -2.50. The van der Waals surface area contributed by atoms with Crippen LogP contribution in [0.15, 0.2) is 30.5 Å². The van der Waals surface area contributed by atoms with Gasteiger partial charge in [-0.2, -0.15) is 0 Å². The van der Waals surface area contributed by atoms with Crippen LogP contribution >= 0.6 is 0 Å². The molecule has 31 heavy (non-hydrogen) atoms. The molecule has 0 radical (unpaired) electrons. The average Bonchev–Trinajstić information content (AvgIpc) is 3.01. The number of carbonyl (C=O) groups is 1. The summed E-state index contributed by atoms with van der Waals surface area (Å²) in [4.78, 5) is 21.1. The van der Waals surface area contributed by atoms with Crippen molar-refractivity contribution in [3.8, 4) is 0 Å². The Morgan fingerprint density at radius 3 is 2.48 bits per heavy atom. The summed E-state index contributed by atoms with van der Waals surface area (Å²) in [7, 11) is 0. The summed E-state index contributed by atoms with van der Waals surface area (Å²) in [5, 5.41) is 2.59. The highest BCUT2D eigenvalue weighted by molar-refractivity contribution is 6.08. The number of fused-ring (bicyclic) bond motifs is 3. The SMILES string of the molecule is Cc1ccc2c3ccnc(C)c3n(CCCN3CCN(C(=O)OC(C)(C)C)CC3)c2c1. The third-order valence-electron chi connectivity index (χ3n) is 5.99. The van der Waals surface area contributed by atoms with Crippen LogP contribution in [0.3, 0.4) is 0 Å². The van der Waals surface area contributed by atoms with Crippen molar-refractivity contribution in [3.63, 3.8) is 0 Å². The molecule has 0 aliphatic carbocycles. The lowest BCUT2D eigenvalue weighted by atomic mass is 10.1. The van der Waals surface area contributed by atoms with E-state index in [4.69, 9.17) is 4.74 Å². The van der Waals surface area contributed by atoms with Crippen molar-refractivity contribution < 1.29 is 9.53 Å². The maximum absolute atomic E-state index is 12.3. The smallest absolute Gasteiger partial charge is 0.410 e. The maximum Gasteiger partial charge on any atom is 0.410 e. The van der Waals surface area contributed by atoms with Crippen LogP contribution in [0.1, 0.15) is 38.4 Å². The number of ether oxygens (including phenoxy) is 1. The number of aromatic nitrogens is 2. The second-order valence-corrected chi connectivity index (χ2v) is 9.63. The highest BCUT2D eigenvalue weighted by Gasteiger charge is 2.25. The van der Waals surface area contributed by atoms with E-state index in [9.17, 15) is 4.79 Å². The Morgan fingerprint density at radius 2 is 1.77 bits per heavy atom. The number of piperazine rings is 1. The maximum atomic E-state index is 12.3. The van der Waals surface area contributed by atoms with Crippen molar-refractivity contribution in [2.24, 2.45) is 0 Å². The van der Waals surface area contributed by atoms with Crippen LogP contribution in [-0.2, 0) is 11.3 Å². The number of pyridine rings is 1. The molecular formula is C25H34N4O2. The van der Waals surface area contributed by atoms with Crippen molar-refractivity contribution >= 4 is 27.9 Å². The standard InChI is InChI=1S/C25H34N4O2/c1-18-7-8-20-21-9-10-26-19(2)23(21)29(22(20)17-18)12-6-11-27-13-15-28(16-14-27)24(30)31-25(3,4)5/h7-10,17H,6,11-16H2,1-5H3. The molecule has 0 atom stereocenters. The summed E-state index contributed by atoms with van der Waals surface area (Å²) in [5.41, 5.74) is 4.46. The zero-order valence-electron chi connectivity index (χ0n) is 19.4. The van der Waals surface area contributed by atoms with Gasteiger partial charge in [0.15, 0.2) is 0 Å². The van der Waals surface area contributed by atoms with Crippen molar-refractivity contribution in [1.29, 1.82) is 0 Å². The molecule has 166 valence electrons. The van der Waals surface area contributed by atoms with Gasteiger partial charge in [0.1, 0.15) is 5.60 Å². The molecule has 0 saturated carbocycles. The lowest BCUT2D eigenvalue weighted by Gasteiger charge is -2.35. The van der Waals surface area contributed by atoms with Gasteiger partial charge in [-0.25, -0.2) is 4.79 Å². The Kier molecular flexibility index (Phi) is 5.93. The molecule has 0 unspecified atom stereocenters. The van der Waals surface area contributed by atoms with Gasteiger partial charge in [-0.1, -0.05) is 12.1 Å². The van der Waals surface area contributed by atoms with E-state index in [1.807, 2.05) is 31.9 Å². The van der Waals surface area contributed by atoms with Gasteiger partial charge in [-0.15, -0.1) is 0 Å². The van der Waals surface area contributed by atoms with Gasteiger partial charge in [0.2, 0.25) is 0 Å². The number of amides is 1. The first kappa shape index (κ1) is 21.6. The van der Waals surface area contributed by atoms with Crippen molar-refractivity contribution in [1.82, 2.24) is 19.4 Å². The van der Waals surface area contributed by atoms with E-state index >= 15 is 0 Å². The molecule has 1 saturated heterocycles. The molecule has 3 heterocycles. The van der Waals surface area contributed by atoms with Gasteiger partial charge in [-0.05, 0) is 65.3 Å². The van der Waals surface area contributed by atoms with E-state index in [1.54, 1.807) is 0 Å². The number of hydrogen-bond acceptors (Lipinski definition) is 4. The van der Waals surface area contributed by atoms with Crippen LogP contribution in [0, 0.1) is 13.8 Å². The number of benzene rings is 1. The predicted octanol–water partition coefficient (Wildman–Crippen LogP) is 4.75. The highest BCUT2D eigenvalue weighted by Crippen LogP contribution is 2.31. The minimum Gasteiger partial charge on any atom is -0.444 e. The fourth-order valence-electron chi connectivity index (χ4n) is 4.50. The number of rotatable bonds is 4. The van der Waals surface area contributed by atoms with Gasteiger partial charge in [0.05, 0.1) is 11.2 Å². The van der Waals surface area contributed by atoms with E-state index in [1.165, 1.54) is 27.4 Å². The first-order valence-electron chi connectivity index (χ1n) is 11.3. The van der Waals surface area contributed by atoms with E-state index in [0.717, 1.165) is 51.4 Å². The second kappa shape index (κ2) is 8.50. The Labute approximate surface area is 184 Å². The minimum absolute atomic E-state index is 0.198. The summed E-state index contributed by atoms with van der Waals surface area (Å²) >= 11 is 0. The monoisotopic (exact) mass is 422 g/mol. The highest BCUT2D eigenvalue weighted by atomic mass is 16.6. The molecule has 4 rings (SSSR count). The minimum atomic E-state index is -0.443. The van der Waals surface area contributed by atoms with E-state index in [2.05, 4.69) is 52.6 Å². The molecule has 3 aromatic rings. The number of carbonyl (C=O) groups excluding carboxylic acids is 1. The van der Waals surface area contributed by atoms with Gasteiger partial charge in [-0.3, -0.25) is 9.88 Å². The van der Waals surface area contributed by atoms with Crippen LogP contribution < -0.4 is 0 Å². The molecule has 1 aliphatic heterocycles. The first-order chi connectivity index (χ1) is 14.7. The van der Waals surface area contributed by atoms with Crippen molar-refractivity contribution in [2.75, 3.05) is 32.7 Å². The number of nitrogens with zero attached hydrogens (tertiary/aromatic N) is 4. The van der Waals surface area contributed by atoms with E-state index in [-0.39, 0.29) is 6.09 Å². The first-order valence-corrected chi connectivity index (χ1v) is 11.3. The zero-order valence-corrected chi connectivity index (χ0v) is 19.4. The summed E-state index contributed by atoms with van der Waals surface area (Å²) in [6.45, 7) is 15.2. The Bertz CT molecular complexity index is 1090. The molecular weight excluding hydrogens is 388 g/mol. The lowest BCUT2D eigenvalue weighted by molar-refractivity contribution is 0.0144. The van der Waals surface area contributed by atoms with Gasteiger partial charge in [0.25, 0.3) is 0 Å². The number of aryl methyl sites for hydroxylation is 3. The van der Waals surface area contributed by atoms with Crippen LogP contribution in [0.2, 0.25) is 0 Å². The van der Waals surface area contributed by atoms with Crippen LogP contribution in [-0.4, -0.2) is 63.8 Å². The third-order valence-corrected chi connectivity index (χ3v) is 5.99. The topological polar surface area (TPSA) is 50.6 Å². The van der Waals surface area contributed by atoms with Crippen LogP contribution in [0.5, 0.6) is 0 Å². The zero-order chi connectivity index (χ0) is 22.2. The van der Waals surface area contributed by atoms with Crippen molar-refractivity contribution in [2.45, 2.75) is 53.2 Å². The molecule has 1 amide bonds. The Balaban J connectivity index is 1.40. The summed E-state index contributed by atoms with van der Waals surface area (Å²) in [6, 6.07) is 8.84. The molecule has 0 bridgehead atoms. The predicted molar refractivity (Wildman–Crippen MR) is 126 cm³/mol. The van der Waals surface area contributed by atoms with E-state index < -0.39 is 5.60 Å². The van der Waals surface area contributed by atoms with Crippen LogP contribution in [0.25, 0.3) is 21.8 Å². The van der Waals surface area contributed by atoms with Crippen LogP contribution in [0.4, 0.5) is 4.79 Å². The normalized spacial score (nSPS) is 15.7. The molecule has 1 aromatic carbocycles. The molecule has 0 spiro atoms. The molecule has 1 fully saturated rings. The Morgan fingerprint density at radius 1 is 1.03 bits per heavy atom. The molecule has 6 nitrogen and oxygen atoms in total. The summed E-state index contributed by atoms with van der Waals surface area (Å²) < 4.78 is 7.95. The van der Waals surface area contributed by atoms with Gasteiger partial charge < -0.3 is 14.2 Å². The van der Waals surface area contributed by atoms with Crippen molar-refractivity contribution in [3.05, 3.63) is 41.7 Å². The molecule has 1 aliphatic rings. The number of hydrogen-bond donors (Lipinski definition) is 0. The molecule has 0 N–H and O–H groups in total. The summed E-state index contributed by atoms with van der Waals surface area (Å²) in [6.07, 6.45) is 2.77. The molecule has 6 heteroatoms. The molecule has 2 aromatic heterocycles. The quantitative estimate of drug-likeness (QED) is 0.609. The fourth-order valence-corrected chi connectivity index (χ4v) is 4.50. The average molecular weight is 423 g/mol. The third kappa shape index (κ3) is 4.69. The largest absolute Gasteiger partial charge is 0.444 e. The van der Waals surface area contributed by atoms with Gasteiger partial charge >= 0.3 is 6.09 Å².